The first-order chi connectivity index (χ1) is 34.7. The van der Waals surface area contributed by atoms with E-state index in [1.165, 1.54) is 13.8 Å². The van der Waals surface area contributed by atoms with Crippen molar-refractivity contribution in [3.63, 3.8) is 0 Å². The molecule has 2 atom stereocenters. The molecule has 22 nitrogen and oxygen atoms in total. The van der Waals surface area contributed by atoms with Gasteiger partial charge < -0.3 is 39.7 Å². The van der Waals surface area contributed by atoms with Crippen LogP contribution >= 0.6 is 11.3 Å². The van der Waals surface area contributed by atoms with Gasteiger partial charge in [-0.15, -0.1) is 15.6 Å². The summed E-state index contributed by atoms with van der Waals surface area (Å²) in [5.74, 6) is -2.30. The third-order valence-corrected chi connectivity index (χ3v) is 12.5. The molecule has 4 aromatic rings. The number of likely N-dealkylation sites (tertiary alicyclic amines) is 1. The number of nitrogens with zero attached hydrogens (tertiary/aromatic N) is 5. The molecule has 0 bridgehead atoms. The van der Waals surface area contributed by atoms with Crippen molar-refractivity contribution in [1.29, 1.82) is 0 Å². The van der Waals surface area contributed by atoms with E-state index in [9.17, 15) is 36.9 Å². The van der Waals surface area contributed by atoms with E-state index in [4.69, 9.17) is 29.5 Å². The molecule has 2 aliphatic rings. The molecule has 6 rings (SSSR count). The molecular weight excluding hydrogens is 1000 g/mol. The number of amides is 4. The Morgan fingerprint density at radius 3 is 2.03 bits per heavy atom. The maximum Gasteiger partial charge on any atom is 0.418 e. The predicted molar refractivity (Wildman–Crippen MR) is 272 cm³/mol. The number of hydrogen-bond donors (Lipinski definition) is 4. The van der Waals surface area contributed by atoms with Gasteiger partial charge in [-0.05, 0) is 104 Å². The highest BCUT2D eigenvalue weighted by Crippen LogP contribution is 2.34. The Morgan fingerprint density at radius 2 is 1.49 bits per heavy atom. The first kappa shape index (κ1) is 56.2. The molecule has 0 unspecified atom stereocenters. The smallest absolute Gasteiger partial charge is 0.418 e. The zero-order chi connectivity index (χ0) is 54.2. The second-order valence-electron chi connectivity index (χ2n) is 19.9. The summed E-state index contributed by atoms with van der Waals surface area (Å²) >= 11 is 0.950. The molecule has 2 fully saturated rings. The number of benzene rings is 3. The largest absolute Gasteiger partial charge is 0.489 e. The topological polar surface area (TPSA) is 289 Å². The number of carbonyl (C=O) groups excluding carboxylic acids is 5. The lowest BCUT2D eigenvalue weighted by molar-refractivity contribution is -0.218. The number of aromatic nitrogens is 1. The number of thiazole rings is 1. The van der Waals surface area contributed by atoms with E-state index in [1.54, 1.807) is 105 Å². The monoisotopic (exact) mass is 1060 g/mol. The summed E-state index contributed by atoms with van der Waals surface area (Å²) in [5.41, 5.74) is 4.77. The number of esters is 1. The minimum atomic E-state index is -5.12. The van der Waals surface area contributed by atoms with Crippen molar-refractivity contribution < 1.29 is 65.0 Å². The van der Waals surface area contributed by atoms with E-state index in [2.05, 4.69) is 30.0 Å². The van der Waals surface area contributed by atoms with Gasteiger partial charge >= 0.3 is 28.6 Å². The number of anilines is 1. The van der Waals surface area contributed by atoms with Gasteiger partial charge in [-0.2, -0.15) is 13.5 Å². The Bertz CT molecular complexity index is 2780. The number of amidine groups is 1. The predicted octanol–water partition coefficient (Wildman–Crippen LogP) is 6.64. The zero-order valence-corrected chi connectivity index (χ0v) is 44.2. The van der Waals surface area contributed by atoms with Crippen LogP contribution in [-0.2, 0) is 54.7 Å². The number of aliphatic imine (C=N–C) groups is 1. The maximum atomic E-state index is 14.4. The lowest BCUT2D eigenvalue weighted by Crippen LogP contribution is -2.76. The van der Waals surface area contributed by atoms with E-state index >= 15 is 0 Å². The molecule has 5 N–H and O–H groups in total. The normalized spacial score (nSPS) is 17.0. The molecule has 0 saturated carbocycles. The lowest BCUT2D eigenvalue weighted by atomic mass is 9.84. The molecule has 2 aliphatic heterocycles. The number of nitrogens with one attached hydrogen (secondary N) is 2. The van der Waals surface area contributed by atoms with Gasteiger partial charge in [-0.25, -0.2) is 19.4 Å². The molecule has 4 amide bonds. The van der Waals surface area contributed by atoms with Crippen molar-refractivity contribution >= 4 is 68.4 Å². The molecule has 2 saturated heterocycles. The number of nitrogens with two attached hydrogens (primary N) is 1. The van der Waals surface area contributed by atoms with Gasteiger partial charge in [-0.1, -0.05) is 78.0 Å². The van der Waals surface area contributed by atoms with Crippen LogP contribution in [0.4, 0.5) is 14.7 Å². The molecule has 0 spiro atoms. The highest BCUT2D eigenvalue weighted by Gasteiger charge is 2.58. The molecular formula is C50H62N8O14S2. The van der Waals surface area contributed by atoms with Crippen LogP contribution in [0.1, 0.15) is 102 Å². The van der Waals surface area contributed by atoms with Crippen molar-refractivity contribution in [3.8, 4) is 5.75 Å². The highest BCUT2D eigenvalue weighted by molar-refractivity contribution is 7.80. The molecule has 1 aromatic heterocycles. The molecule has 24 heteroatoms. The van der Waals surface area contributed by atoms with Gasteiger partial charge in [0.1, 0.15) is 35.3 Å². The van der Waals surface area contributed by atoms with Gasteiger partial charge in [0.15, 0.2) is 16.9 Å². The number of rotatable bonds is 18. The fourth-order valence-electron chi connectivity index (χ4n) is 7.57. The molecule has 3 heterocycles. The fraction of sp³-hybridized carbons (Fsp3) is 0.440. The summed E-state index contributed by atoms with van der Waals surface area (Å²) in [7, 11) is -5.12. The number of carbonyl (C=O) groups is 5. The summed E-state index contributed by atoms with van der Waals surface area (Å²) in [5, 5.41) is 9.54. The summed E-state index contributed by atoms with van der Waals surface area (Å²) < 4.78 is 59.9. The summed E-state index contributed by atoms with van der Waals surface area (Å²) in [6.07, 6.45) is -2.54. The van der Waals surface area contributed by atoms with Crippen LogP contribution in [0.25, 0.3) is 0 Å². The second kappa shape index (κ2) is 23.4. The van der Waals surface area contributed by atoms with Crippen LogP contribution in [0.3, 0.4) is 0 Å². The minimum absolute atomic E-state index is 0.00786. The van der Waals surface area contributed by atoms with Crippen LogP contribution in [0.5, 0.6) is 5.75 Å². The second-order valence-corrected chi connectivity index (χ2v) is 22.1. The number of aryl methyl sites for hydroxylation is 1. The summed E-state index contributed by atoms with van der Waals surface area (Å²) in [6, 6.07) is 23.3. The van der Waals surface area contributed by atoms with E-state index < -0.39 is 81.6 Å². The zero-order valence-electron chi connectivity index (χ0n) is 42.5. The van der Waals surface area contributed by atoms with Crippen LogP contribution in [0.2, 0.25) is 0 Å². The van der Waals surface area contributed by atoms with Gasteiger partial charge in [0.25, 0.3) is 17.9 Å². The molecule has 3 aromatic carbocycles. The fourth-order valence-corrected chi connectivity index (χ4v) is 8.82. The SMILES string of the molecule is Cc1sc(NC(=O)OC(C)(C)C)nc1/C(=N/O[C@@H](COc1ccc(CN=C(N)C2CCN(C(=O)OC(C)(C)C)CC2)cc1)C(=O)OC(c1ccccc1)c1ccccc1)C(=O)N[C@@H]1C(=O)N(OS(=O)(=O)O)C1(C)C. The Hall–Kier alpha value is -7.15. The number of hydroxylamine groups is 2. The van der Waals surface area contributed by atoms with Crippen molar-refractivity contribution in [2.45, 2.75) is 117 Å². The number of β-lactam (4-membered cyclic amide) rings is 1. The van der Waals surface area contributed by atoms with Crippen LogP contribution in [0.15, 0.2) is 95.1 Å². The first-order valence-corrected chi connectivity index (χ1v) is 25.7. The van der Waals surface area contributed by atoms with Gasteiger partial charge in [0.2, 0.25) is 0 Å². The average Bonchev–Trinajstić information content (AvgIpc) is 3.69. The van der Waals surface area contributed by atoms with E-state index in [1.807, 2.05) is 32.9 Å². The van der Waals surface area contributed by atoms with Crippen molar-refractivity contribution in [2.24, 2.45) is 21.8 Å². The standard InChI is InChI=1S/C50H62N8O14S2/c1-30-37(53-45(73-30)55-46(62)69-48(2,3)4)38(42(59)54-40-43(60)58(50(40,8)9)72-74(64,65)66)56-71-36(44(61)68-39(32-16-12-10-13-17-32)33-18-14-11-15-19-33)29-67-35-22-20-31(21-23-35)28-52-41(51)34-24-26-57(27-25-34)47(63)70-49(5,6)7/h10-23,34,36,39-40H,24-29H2,1-9H3,(H2,51,52)(H,54,59)(H,53,55,62)(H,64,65,66)/b56-38-/t36-,40+/m0/s1. The number of ether oxygens (including phenoxy) is 4. The average molecular weight is 1060 g/mol. The summed E-state index contributed by atoms with van der Waals surface area (Å²) in [6.45, 7) is 15.5. The van der Waals surface area contributed by atoms with Crippen LogP contribution < -0.4 is 21.1 Å². The highest BCUT2D eigenvalue weighted by atomic mass is 32.3. The molecule has 398 valence electrons. The molecule has 74 heavy (non-hydrogen) atoms. The number of hydrogen-bond acceptors (Lipinski definition) is 17. The summed E-state index contributed by atoms with van der Waals surface area (Å²) in [4.78, 5) is 84.1. The molecule has 0 radical (unpaired) electrons. The number of oxime groups is 1. The first-order valence-electron chi connectivity index (χ1n) is 23.5. The third kappa shape index (κ3) is 15.4. The third-order valence-electron chi connectivity index (χ3n) is 11.3. The quantitative estimate of drug-likeness (QED) is 0.0154. The van der Waals surface area contributed by atoms with Crippen molar-refractivity contribution in [3.05, 3.63) is 112 Å². The maximum absolute atomic E-state index is 14.4. The van der Waals surface area contributed by atoms with Crippen molar-refractivity contribution in [1.82, 2.24) is 20.3 Å². The van der Waals surface area contributed by atoms with Gasteiger partial charge in [0, 0.05) is 23.9 Å². The van der Waals surface area contributed by atoms with E-state index in [0.29, 0.717) is 58.6 Å². The Labute approximate surface area is 433 Å². The van der Waals surface area contributed by atoms with Crippen LogP contribution in [-0.4, -0.2) is 118 Å². The van der Waals surface area contributed by atoms with Crippen LogP contribution in [0, 0.1) is 12.8 Å². The Morgan fingerprint density at radius 1 is 0.905 bits per heavy atom. The number of piperidine rings is 1. The van der Waals surface area contributed by atoms with E-state index in [0.717, 1.165) is 16.9 Å². The van der Waals surface area contributed by atoms with Crippen molar-refractivity contribution in [2.75, 3.05) is 25.0 Å². The minimum Gasteiger partial charge on any atom is -0.489 e. The van der Waals surface area contributed by atoms with E-state index in [-0.39, 0.29) is 29.4 Å². The molecule has 0 aliphatic carbocycles. The Kier molecular flexibility index (Phi) is 17.7. The van der Waals surface area contributed by atoms with Gasteiger partial charge in [-0.3, -0.25) is 24.5 Å². The Balaban J connectivity index is 1.26. The lowest BCUT2D eigenvalue weighted by Gasteiger charge is -2.50. The van der Waals surface area contributed by atoms with Gasteiger partial charge in [0.05, 0.1) is 17.9 Å².